The number of hydrogen-bond donors (Lipinski definition) is 0. The molecule has 1 heterocycles. The van der Waals surface area contributed by atoms with E-state index in [0.717, 1.165) is 24.8 Å². The first-order chi connectivity index (χ1) is 10.2. The molecular weight excluding hydrogens is 266 g/mol. The Hall–Kier alpha value is -1.84. The van der Waals surface area contributed by atoms with Gasteiger partial charge in [0.15, 0.2) is 6.10 Å². The molecule has 2 rings (SSSR count). The van der Waals surface area contributed by atoms with Crippen LogP contribution in [0.2, 0.25) is 0 Å². The van der Waals surface area contributed by atoms with E-state index in [4.69, 9.17) is 4.74 Å². The predicted octanol–water partition coefficient (Wildman–Crippen LogP) is 3.58. The minimum Gasteiger partial charge on any atom is -0.478 e. The first-order valence-electron chi connectivity index (χ1n) is 7.78. The maximum Gasteiger partial charge on any atom is 0.268 e. The Morgan fingerprint density at radius 2 is 2.05 bits per heavy atom. The number of nitrogens with zero attached hydrogens (tertiary/aromatic N) is 1. The Morgan fingerprint density at radius 3 is 2.71 bits per heavy atom. The van der Waals surface area contributed by atoms with Crippen molar-refractivity contribution in [3.63, 3.8) is 0 Å². The molecule has 0 saturated carbocycles. The molecular formula is C17H23NO3. The van der Waals surface area contributed by atoms with E-state index in [1.165, 1.54) is 12.8 Å². The predicted molar refractivity (Wildman–Crippen MR) is 83.0 cm³/mol. The van der Waals surface area contributed by atoms with Crippen LogP contribution in [-0.4, -0.2) is 24.8 Å². The lowest BCUT2D eigenvalue weighted by Crippen LogP contribution is -2.46. The fourth-order valence-electron chi connectivity index (χ4n) is 2.60. The number of rotatable bonds is 7. The van der Waals surface area contributed by atoms with Gasteiger partial charge in [0.05, 0.1) is 5.69 Å². The minimum absolute atomic E-state index is 0.00421. The van der Waals surface area contributed by atoms with Crippen molar-refractivity contribution in [2.75, 3.05) is 11.4 Å². The maximum absolute atomic E-state index is 12.5. The standard InChI is InChI=1S/C17H23NO3/c1-3-5-6-7-10-18-14-11-13(12-19)8-9-16(14)21-15(4-2)17(18)20/h8-9,11-12,15H,3-7,10H2,1-2H3. The third-order valence-corrected chi connectivity index (χ3v) is 3.83. The molecule has 1 amide bonds. The van der Waals surface area contributed by atoms with Crippen LogP contribution < -0.4 is 9.64 Å². The van der Waals surface area contributed by atoms with E-state index < -0.39 is 6.10 Å². The summed E-state index contributed by atoms with van der Waals surface area (Å²) in [5.41, 5.74) is 1.30. The molecule has 0 spiro atoms. The monoisotopic (exact) mass is 289 g/mol. The summed E-state index contributed by atoms with van der Waals surface area (Å²) in [5.74, 6) is 0.701. The fourth-order valence-corrected chi connectivity index (χ4v) is 2.60. The van der Waals surface area contributed by atoms with Crippen LogP contribution in [-0.2, 0) is 4.79 Å². The summed E-state index contributed by atoms with van der Waals surface area (Å²) in [6.45, 7) is 4.80. The third-order valence-electron chi connectivity index (χ3n) is 3.83. The van der Waals surface area contributed by atoms with Gasteiger partial charge in [-0.15, -0.1) is 0 Å². The van der Waals surface area contributed by atoms with Crippen molar-refractivity contribution in [3.8, 4) is 5.75 Å². The van der Waals surface area contributed by atoms with Crippen molar-refractivity contribution in [1.82, 2.24) is 0 Å². The molecule has 0 radical (unpaired) electrons. The molecule has 0 aromatic heterocycles. The zero-order chi connectivity index (χ0) is 15.2. The lowest BCUT2D eigenvalue weighted by atomic mass is 10.1. The van der Waals surface area contributed by atoms with Crippen LogP contribution in [0.1, 0.15) is 56.3 Å². The second kappa shape index (κ2) is 7.25. The number of anilines is 1. The highest BCUT2D eigenvalue weighted by Gasteiger charge is 2.32. The molecule has 21 heavy (non-hydrogen) atoms. The van der Waals surface area contributed by atoms with E-state index in [-0.39, 0.29) is 5.91 Å². The highest BCUT2D eigenvalue weighted by molar-refractivity contribution is 6.00. The average Bonchev–Trinajstić information content (AvgIpc) is 2.52. The lowest BCUT2D eigenvalue weighted by molar-refractivity contribution is -0.126. The van der Waals surface area contributed by atoms with Crippen molar-refractivity contribution >= 4 is 17.9 Å². The normalized spacial score (nSPS) is 17.3. The summed E-state index contributed by atoms with van der Waals surface area (Å²) in [4.78, 5) is 25.2. The van der Waals surface area contributed by atoms with Crippen molar-refractivity contribution < 1.29 is 14.3 Å². The molecule has 0 saturated heterocycles. The molecule has 114 valence electrons. The van der Waals surface area contributed by atoms with E-state index in [9.17, 15) is 9.59 Å². The van der Waals surface area contributed by atoms with Crippen LogP contribution in [0.4, 0.5) is 5.69 Å². The van der Waals surface area contributed by atoms with Crippen LogP contribution in [0.25, 0.3) is 0 Å². The largest absolute Gasteiger partial charge is 0.478 e. The second-order valence-corrected chi connectivity index (χ2v) is 5.41. The van der Waals surface area contributed by atoms with Gasteiger partial charge >= 0.3 is 0 Å². The van der Waals surface area contributed by atoms with E-state index in [2.05, 4.69) is 6.92 Å². The van der Waals surface area contributed by atoms with Crippen LogP contribution in [0.5, 0.6) is 5.75 Å². The van der Waals surface area contributed by atoms with Crippen LogP contribution >= 0.6 is 0 Å². The number of fused-ring (bicyclic) bond motifs is 1. The van der Waals surface area contributed by atoms with Crippen LogP contribution in [0, 0.1) is 0 Å². The van der Waals surface area contributed by atoms with Crippen molar-refractivity contribution in [2.45, 2.75) is 52.1 Å². The Bertz CT molecular complexity index is 513. The molecule has 4 heteroatoms. The molecule has 4 nitrogen and oxygen atoms in total. The van der Waals surface area contributed by atoms with Gasteiger partial charge in [-0.2, -0.15) is 0 Å². The number of benzene rings is 1. The summed E-state index contributed by atoms with van der Waals surface area (Å²) >= 11 is 0. The summed E-state index contributed by atoms with van der Waals surface area (Å²) in [6.07, 6.45) is 5.47. The molecule has 1 aliphatic heterocycles. The van der Waals surface area contributed by atoms with E-state index >= 15 is 0 Å². The summed E-state index contributed by atoms with van der Waals surface area (Å²) in [5, 5.41) is 0. The molecule has 1 aromatic rings. The van der Waals surface area contributed by atoms with Crippen LogP contribution in [0.3, 0.4) is 0 Å². The Labute approximate surface area is 126 Å². The molecule has 0 N–H and O–H groups in total. The summed E-state index contributed by atoms with van der Waals surface area (Å²) in [7, 11) is 0. The number of amides is 1. The fraction of sp³-hybridized carbons (Fsp3) is 0.529. The van der Waals surface area contributed by atoms with Crippen molar-refractivity contribution in [3.05, 3.63) is 23.8 Å². The van der Waals surface area contributed by atoms with Gasteiger partial charge in [0.2, 0.25) is 0 Å². The van der Waals surface area contributed by atoms with Gasteiger partial charge in [0.1, 0.15) is 12.0 Å². The van der Waals surface area contributed by atoms with Crippen molar-refractivity contribution in [2.24, 2.45) is 0 Å². The highest BCUT2D eigenvalue weighted by Crippen LogP contribution is 2.35. The zero-order valence-corrected chi connectivity index (χ0v) is 12.8. The maximum atomic E-state index is 12.5. The Balaban J connectivity index is 2.23. The van der Waals surface area contributed by atoms with E-state index in [1.807, 2.05) is 6.92 Å². The molecule has 0 aliphatic carbocycles. The number of unbranched alkanes of at least 4 members (excludes halogenated alkanes) is 3. The number of carbonyl (C=O) groups excluding carboxylic acids is 2. The number of aldehydes is 1. The van der Waals surface area contributed by atoms with Gasteiger partial charge in [-0.3, -0.25) is 9.59 Å². The third kappa shape index (κ3) is 3.43. The number of ether oxygens (including phenoxy) is 1. The van der Waals surface area contributed by atoms with Gasteiger partial charge in [0, 0.05) is 12.1 Å². The summed E-state index contributed by atoms with van der Waals surface area (Å²) in [6, 6.07) is 5.25. The molecule has 0 fully saturated rings. The Kier molecular flexibility index (Phi) is 5.37. The zero-order valence-electron chi connectivity index (χ0n) is 12.8. The topological polar surface area (TPSA) is 46.6 Å². The van der Waals surface area contributed by atoms with Gasteiger partial charge < -0.3 is 9.64 Å². The quantitative estimate of drug-likeness (QED) is 0.569. The molecule has 1 aliphatic rings. The number of carbonyl (C=O) groups is 2. The first kappa shape index (κ1) is 15.5. The van der Waals surface area contributed by atoms with Gasteiger partial charge in [-0.1, -0.05) is 33.1 Å². The molecule has 1 unspecified atom stereocenters. The van der Waals surface area contributed by atoms with Gasteiger partial charge in [-0.25, -0.2) is 0 Å². The summed E-state index contributed by atoms with van der Waals surface area (Å²) < 4.78 is 5.74. The second-order valence-electron chi connectivity index (χ2n) is 5.41. The molecule has 1 atom stereocenters. The molecule has 0 bridgehead atoms. The van der Waals surface area contributed by atoms with E-state index in [0.29, 0.717) is 24.3 Å². The minimum atomic E-state index is -0.411. The average molecular weight is 289 g/mol. The Morgan fingerprint density at radius 1 is 1.24 bits per heavy atom. The smallest absolute Gasteiger partial charge is 0.268 e. The first-order valence-corrected chi connectivity index (χ1v) is 7.78. The van der Waals surface area contributed by atoms with Crippen molar-refractivity contribution in [1.29, 1.82) is 0 Å². The van der Waals surface area contributed by atoms with Crippen LogP contribution in [0.15, 0.2) is 18.2 Å². The van der Waals surface area contributed by atoms with Gasteiger partial charge in [-0.05, 0) is 31.0 Å². The van der Waals surface area contributed by atoms with Gasteiger partial charge in [0.25, 0.3) is 5.91 Å². The molecule has 1 aromatic carbocycles. The highest BCUT2D eigenvalue weighted by atomic mass is 16.5. The lowest BCUT2D eigenvalue weighted by Gasteiger charge is -2.34. The number of hydrogen-bond acceptors (Lipinski definition) is 3. The SMILES string of the molecule is CCCCCCN1C(=O)C(CC)Oc2ccc(C=O)cc21. The van der Waals surface area contributed by atoms with E-state index in [1.54, 1.807) is 23.1 Å².